The number of urea groups is 1. The first kappa shape index (κ1) is 15.0. The van der Waals surface area contributed by atoms with Crippen LogP contribution >= 0.6 is 11.8 Å². The lowest BCUT2D eigenvalue weighted by atomic mass is 10.2. The molecule has 1 aliphatic rings. The molecule has 0 saturated heterocycles. The zero-order valence-corrected chi connectivity index (χ0v) is 13.7. The zero-order valence-electron chi connectivity index (χ0n) is 12.9. The summed E-state index contributed by atoms with van der Waals surface area (Å²) in [6.45, 7) is 4.94. The number of para-hydroxylation sites is 1. The highest BCUT2D eigenvalue weighted by Crippen LogP contribution is 2.39. The van der Waals surface area contributed by atoms with Crippen molar-refractivity contribution in [3.05, 3.63) is 54.1 Å². The van der Waals surface area contributed by atoms with Gasteiger partial charge in [-0.2, -0.15) is 0 Å². The van der Waals surface area contributed by atoms with Gasteiger partial charge in [-0.3, -0.25) is 4.90 Å². The summed E-state index contributed by atoms with van der Waals surface area (Å²) in [4.78, 5) is 15.8. The molecule has 114 valence electrons. The number of nitrogens with one attached hydrogen (secondary N) is 1. The number of amides is 2. The third kappa shape index (κ3) is 3.12. The minimum atomic E-state index is -0.0585. The number of hydrogen-bond acceptors (Lipinski definition) is 2. The Morgan fingerprint density at radius 2 is 2.09 bits per heavy atom. The van der Waals surface area contributed by atoms with Gasteiger partial charge in [0.05, 0.1) is 5.69 Å². The van der Waals surface area contributed by atoms with Crippen LogP contribution in [-0.2, 0) is 0 Å². The summed E-state index contributed by atoms with van der Waals surface area (Å²) in [5, 5.41) is 3.46. The average Bonchev–Trinajstić information content (AvgIpc) is 2.53. The van der Waals surface area contributed by atoms with Gasteiger partial charge in [-0.1, -0.05) is 31.2 Å². The maximum absolute atomic E-state index is 12.7. The molecule has 0 radical (unpaired) electrons. The second-order valence-corrected chi connectivity index (χ2v) is 6.87. The van der Waals surface area contributed by atoms with Gasteiger partial charge < -0.3 is 5.32 Å². The smallest absolute Gasteiger partial charge is 0.308 e. The van der Waals surface area contributed by atoms with Crippen molar-refractivity contribution >= 4 is 29.2 Å². The van der Waals surface area contributed by atoms with E-state index < -0.39 is 0 Å². The van der Waals surface area contributed by atoms with Gasteiger partial charge in [0.1, 0.15) is 0 Å². The SMILES string of the molecule is CC[C@@H]1CN(C(=O)Nc2cccc(C)c2)c2ccccc2S1. The molecule has 0 bridgehead atoms. The number of hydrogen-bond donors (Lipinski definition) is 1. The van der Waals surface area contributed by atoms with Crippen LogP contribution in [0.1, 0.15) is 18.9 Å². The third-order valence-corrected chi connectivity index (χ3v) is 5.22. The van der Waals surface area contributed by atoms with Gasteiger partial charge in [0, 0.05) is 22.4 Å². The fourth-order valence-corrected chi connectivity index (χ4v) is 3.82. The number of thioether (sulfide) groups is 1. The first-order chi connectivity index (χ1) is 10.7. The Labute approximate surface area is 135 Å². The minimum Gasteiger partial charge on any atom is -0.308 e. The van der Waals surface area contributed by atoms with Gasteiger partial charge in [0.2, 0.25) is 0 Å². The van der Waals surface area contributed by atoms with Gasteiger partial charge >= 0.3 is 6.03 Å². The highest BCUT2D eigenvalue weighted by atomic mass is 32.2. The summed E-state index contributed by atoms with van der Waals surface area (Å²) in [6.07, 6.45) is 1.05. The molecule has 22 heavy (non-hydrogen) atoms. The van der Waals surface area contributed by atoms with Crippen molar-refractivity contribution in [1.82, 2.24) is 0 Å². The maximum Gasteiger partial charge on any atom is 0.326 e. The summed E-state index contributed by atoms with van der Waals surface area (Å²) in [7, 11) is 0. The number of carbonyl (C=O) groups excluding carboxylic acids is 1. The predicted molar refractivity (Wildman–Crippen MR) is 93.9 cm³/mol. The number of anilines is 2. The first-order valence-electron chi connectivity index (χ1n) is 7.58. The topological polar surface area (TPSA) is 32.3 Å². The second kappa shape index (κ2) is 6.44. The Balaban J connectivity index is 1.85. The molecule has 0 saturated carbocycles. The Morgan fingerprint density at radius 3 is 2.86 bits per heavy atom. The number of aryl methyl sites for hydroxylation is 1. The van der Waals surface area contributed by atoms with E-state index in [-0.39, 0.29) is 6.03 Å². The molecule has 2 aromatic carbocycles. The van der Waals surface area contributed by atoms with Crippen molar-refractivity contribution in [3.63, 3.8) is 0 Å². The van der Waals surface area contributed by atoms with Gasteiger partial charge in [0.25, 0.3) is 0 Å². The summed E-state index contributed by atoms with van der Waals surface area (Å²) < 4.78 is 0. The van der Waals surface area contributed by atoms with E-state index in [2.05, 4.69) is 18.3 Å². The molecule has 0 fully saturated rings. The van der Waals surface area contributed by atoms with Crippen molar-refractivity contribution < 1.29 is 4.79 Å². The van der Waals surface area contributed by atoms with E-state index in [1.165, 1.54) is 4.90 Å². The van der Waals surface area contributed by atoms with Crippen LogP contribution in [0.2, 0.25) is 0 Å². The molecule has 2 aromatic rings. The number of fused-ring (bicyclic) bond motifs is 1. The monoisotopic (exact) mass is 312 g/mol. The summed E-state index contributed by atoms with van der Waals surface area (Å²) in [5.41, 5.74) is 2.98. The van der Waals surface area contributed by atoms with Crippen LogP contribution in [-0.4, -0.2) is 17.8 Å². The molecule has 4 heteroatoms. The van der Waals surface area contributed by atoms with E-state index >= 15 is 0 Å². The van der Waals surface area contributed by atoms with Gasteiger partial charge in [0.15, 0.2) is 0 Å². The Kier molecular flexibility index (Phi) is 4.39. The van der Waals surface area contributed by atoms with Crippen LogP contribution in [0.4, 0.5) is 16.2 Å². The van der Waals surface area contributed by atoms with Crippen LogP contribution in [0.3, 0.4) is 0 Å². The molecule has 1 atom stereocenters. The Bertz CT molecular complexity index is 686. The van der Waals surface area contributed by atoms with E-state index in [1.54, 1.807) is 0 Å². The first-order valence-corrected chi connectivity index (χ1v) is 8.46. The molecule has 3 nitrogen and oxygen atoms in total. The average molecular weight is 312 g/mol. The predicted octanol–water partition coefficient (Wildman–Crippen LogP) is 4.92. The molecule has 3 rings (SSSR count). The normalized spacial score (nSPS) is 17.0. The van der Waals surface area contributed by atoms with Crippen LogP contribution in [0.15, 0.2) is 53.4 Å². The van der Waals surface area contributed by atoms with Gasteiger partial charge in [-0.15, -0.1) is 11.8 Å². The minimum absolute atomic E-state index is 0.0585. The standard InChI is InChI=1S/C18H20N2OS/c1-3-15-12-20(16-9-4-5-10-17(16)22-15)18(21)19-14-8-6-7-13(2)11-14/h4-11,15H,3,12H2,1-2H3,(H,19,21)/t15-/m1/s1. The van der Waals surface area contributed by atoms with E-state index in [0.29, 0.717) is 5.25 Å². The molecule has 0 aliphatic carbocycles. The summed E-state index contributed by atoms with van der Waals surface area (Å²) in [5.74, 6) is 0. The van der Waals surface area contributed by atoms with Crippen LogP contribution < -0.4 is 10.2 Å². The van der Waals surface area contributed by atoms with Gasteiger partial charge in [-0.05, 0) is 43.2 Å². The van der Waals surface area contributed by atoms with Crippen LogP contribution in [0.25, 0.3) is 0 Å². The van der Waals surface area contributed by atoms with Crippen molar-refractivity contribution in [2.75, 3.05) is 16.8 Å². The molecule has 0 aromatic heterocycles. The van der Waals surface area contributed by atoms with Crippen LogP contribution in [0.5, 0.6) is 0 Å². The number of rotatable bonds is 2. The fourth-order valence-electron chi connectivity index (χ4n) is 2.62. The van der Waals surface area contributed by atoms with Crippen molar-refractivity contribution in [1.29, 1.82) is 0 Å². The second-order valence-electron chi connectivity index (χ2n) is 5.53. The third-order valence-electron chi connectivity index (χ3n) is 3.81. The van der Waals surface area contributed by atoms with E-state index in [9.17, 15) is 4.79 Å². The quantitative estimate of drug-likeness (QED) is 0.854. The number of benzene rings is 2. The largest absolute Gasteiger partial charge is 0.326 e. The molecule has 2 amide bonds. The molecule has 0 unspecified atom stereocenters. The summed E-state index contributed by atoms with van der Waals surface area (Å²) >= 11 is 1.87. The summed E-state index contributed by atoms with van der Waals surface area (Å²) in [6, 6.07) is 16.0. The van der Waals surface area contributed by atoms with Crippen molar-refractivity contribution in [2.45, 2.75) is 30.4 Å². The fraction of sp³-hybridized carbons (Fsp3) is 0.278. The molecule has 1 N–H and O–H groups in total. The lowest BCUT2D eigenvalue weighted by Gasteiger charge is -2.33. The number of carbonyl (C=O) groups is 1. The highest BCUT2D eigenvalue weighted by Gasteiger charge is 2.28. The lowest BCUT2D eigenvalue weighted by molar-refractivity contribution is 0.256. The highest BCUT2D eigenvalue weighted by molar-refractivity contribution is 8.00. The molecular weight excluding hydrogens is 292 g/mol. The van der Waals surface area contributed by atoms with E-state index in [1.807, 2.05) is 66.1 Å². The number of nitrogens with zero attached hydrogens (tertiary/aromatic N) is 1. The molecule has 0 spiro atoms. The lowest BCUT2D eigenvalue weighted by Crippen LogP contribution is -2.41. The molecular formula is C18H20N2OS. The van der Waals surface area contributed by atoms with E-state index in [4.69, 9.17) is 0 Å². The Morgan fingerprint density at radius 1 is 1.27 bits per heavy atom. The Hall–Kier alpha value is -1.94. The van der Waals surface area contributed by atoms with Crippen molar-refractivity contribution in [2.24, 2.45) is 0 Å². The molecule has 1 aliphatic heterocycles. The maximum atomic E-state index is 12.7. The zero-order chi connectivity index (χ0) is 15.5. The van der Waals surface area contributed by atoms with Crippen LogP contribution in [0, 0.1) is 6.92 Å². The van der Waals surface area contributed by atoms with Crippen molar-refractivity contribution in [3.8, 4) is 0 Å². The van der Waals surface area contributed by atoms with E-state index in [0.717, 1.165) is 29.9 Å². The van der Waals surface area contributed by atoms with Gasteiger partial charge in [-0.25, -0.2) is 4.79 Å². The molecule has 1 heterocycles.